The Kier molecular flexibility index (Phi) is 4.60. The van der Waals surface area contributed by atoms with Gasteiger partial charge in [-0.3, -0.25) is 0 Å². The van der Waals surface area contributed by atoms with Gasteiger partial charge in [-0.05, 0) is 6.92 Å². The molecule has 0 saturated heterocycles. The van der Waals surface area contributed by atoms with E-state index in [2.05, 4.69) is 6.92 Å². The fraction of sp³-hybridized carbons (Fsp3) is 0.750. The van der Waals surface area contributed by atoms with Crippen molar-refractivity contribution in [3.05, 3.63) is 6.92 Å². The van der Waals surface area contributed by atoms with Crippen LogP contribution < -0.4 is 5.73 Å². The maximum atomic E-state index is 10.4. The molecule has 0 aromatic rings. The molecule has 3 heteroatoms. The van der Waals surface area contributed by atoms with Gasteiger partial charge in [0, 0.05) is 6.54 Å². The first kappa shape index (κ1) is 7.27. The van der Waals surface area contributed by atoms with Gasteiger partial charge in [-0.1, -0.05) is 11.2 Å². The van der Waals surface area contributed by atoms with E-state index in [0.717, 1.165) is 0 Å². The molecule has 2 N–H and O–H groups in total. The minimum atomic E-state index is -0.763. The normalized spacial score (nSPS) is 14.1. The number of hydrogen-bond donors (Lipinski definition) is 1. The lowest BCUT2D eigenvalue weighted by Crippen LogP contribution is -2.16. The first-order valence-corrected chi connectivity index (χ1v) is 3.64. The maximum Gasteiger partial charge on any atom is 0.117 e. The van der Waals surface area contributed by atoms with Crippen LogP contribution in [0.5, 0.6) is 0 Å². The zero-order valence-corrected chi connectivity index (χ0v) is 5.04. The van der Waals surface area contributed by atoms with Crippen LogP contribution in [-0.2, 0) is 11.2 Å². The fourth-order valence-corrected chi connectivity index (χ4v) is 0.701. The van der Waals surface area contributed by atoms with Crippen molar-refractivity contribution in [1.82, 2.24) is 0 Å². The molecule has 0 bridgehead atoms. The molecule has 0 aromatic heterocycles. The van der Waals surface area contributed by atoms with Gasteiger partial charge in [-0.15, -0.1) is 0 Å². The average molecular weight is 120 g/mol. The topological polar surface area (TPSA) is 49.1 Å². The molecule has 0 aliphatic heterocycles. The molecule has 2 nitrogen and oxygen atoms in total. The van der Waals surface area contributed by atoms with Crippen LogP contribution in [0.2, 0.25) is 0 Å². The van der Waals surface area contributed by atoms with E-state index in [-0.39, 0.29) is 0 Å². The Balaban J connectivity index is 2.83. The van der Waals surface area contributed by atoms with Gasteiger partial charge in [0.15, 0.2) is 0 Å². The Labute approximate surface area is 47.3 Å². The van der Waals surface area contributed by atoms with Crippen molar-refractivity contribution < 1.29 is 4.55 Å². The summed E-state index contributed by atoms with van der Waals surface area (Å²) in [6.07, 6.45) is 0. The van der Waals surface area contributed by atoms with Gasteiger partial charge in [0.1, 0.15) is 11.5 Å². The highest BCUT2D eigenvalue weighted by atomic mass is 32.2. The summed E-state index contributed by atoms with van der Waals surface area (Å²) in [6.45, 7) is 3.95. The fourth-order valence-electron chi connectivity index (χ4n) is 0.234. The van der Waals surface area contributed by atoms with E-state index in [4.69, 9.17) is 5.73 Å². The molecule has 0 fully saturated rings. The predicted octanol–water partition coefficient (Wildman–Crippen LogP) is -0.472. The molecule has 43 valence electrons. The van der Waals surface area contributed by atoms with Gasteiger partial charge in [0.2, 0.25) is 0 Å². The summed E-state index contributed by atoms with van der Waals surface area (Å²) >= 11 is -0.763. The van der Waals surface area contributed by atoms with Crippen molar-refractivity contribution >= 4 is 11.2 Å². The quantitative estimate of drug-likeness (QED) is 0.512. The molecule has 0 spiro atoms. The standard InChI is InChI=1S/C4H10NOS/c1-2-7(6)4-3-5/h1-5H2. The van der Waals surface area contributed by atoms with Crippen LogP contribution in [-0.4, -0.2) is 22.6 Å². The third-order valence-electron chi connectivity index (χ3n) is 0.573. The van der Waals surface area contributed by atoms with E-state index in [1.807, 2.05) is 0 Å². The predicted molar refractivity (Wildman–Crippen MR) is 32.3 cm³/mol. The van der Waals surface area contributed by atoms with E-state index in [1.54, 1.807) is 0 Å². The first-order valence-electron chi connectivity index (χ1n) is 2.15. The Bertz CT molecular complexity index is 42.7. The third-order valence-corrected chi connectivity index (χ3v) is 1.72. The van der Waals surface area contributed by atoms with Crippen LogP contribution in [0.4, 0.5) is 0 Å². The minimum Gasteiger partial charge on any atom is -0.616 e. The van der Waals surface area contributed by atoms with E-state index >= 15 is 0 Å². The van der Waals surface area contributed by atoms with Crippen LogP contribution in [0.3, 0.4) is 0 Å². The Morgan fingerprint density at radius 1 is 1.71 bits per heavy atom. The van der Waals surface area contributed by atoms with Crippen LogP contribution in [0, 0.1) is 6.92 Å². The molecular weight excluding hydrogens is 110 g/mol. The molecule has 1 unspecified atom stereocenters. The van der Waals surface area contributed by atoms with Crippen molar-refractivity contribution in [1.29, 1.82) is 0 Å². The third kappa shape index (κ3) is 4.12. The second-order valence-corrected chi connectivity index (χ2v) is 2.83. The second kappa shape index (κ2) is 4.43. The Morgan fingerprint density at radius 3 is 2.43 bits per heavy atom. The minimum absolute atomic E-state index is 0.483. The lowest BCUT2D eigenvalue weighted by Gasteiger charge is -2.04. The average Bonchev–Trinajstić information content (AvgIpc) is 1.68. The Hall–Kier alpha value is 0.270. The summed E-state index contributed by atoms with van der Waals surface area (Å²) in [5, 5.41) is 0. The zero-order chi connectivity index (χ0) is 5.70. The zero-order valence-electron chi connectivity index (χ0n) is 4.22. The summed E-state index contributed by atoms with van der Waals surface area (Å²) in [5.41, 5.74) is 5.08. The molecule has 0 aliphatic carbocycles. The SMILES string of the molecule is [CH2]C[S+]([O-])CCN. The number of nitrogens with two attached hydrogens (primary N) is 1. The van der Waals surface area contributed by atoms with Gasteiger partial charge in [0.05, 0.1) is 0 Å². The van der Waals surface area contributed by atoms with E-state index in [9.17, 15) is 4.55 Å². The van der Waals surface area contributed by atoms with Crippen LogP contribution in [0.15, 0.2) is 0 Å². The summed E-state index contributed by atoms with van der Waals surface area (Å²) in [5.74, 6) is 1.07. The lowest BCUT2D eigenvalue weighted by molar-refractivity contribution is 0.597. The molecule has 1 radical (unpaired) electrons. The molecule has 1 atom stereocenters. The van der Waals surface area contributed by atoms with Crippen molar-refractivity contribution in [2.75, 3.05) is 18.1 Å². The maximum absolute atomic E-state index is 10.4. The summed E-state index contributed by atoms with van der Waals surface area (Å²) in [7, 11) is 0. The molecule has 0 aliphatic rings. The molecule has 7 heavy (non-hydrogen) atoms. The van der Waals surface area contributed by atoms with E-state index < -0.39 is 11.2 Å². The largest absolute Gasteiger partial charge is 0.616 e. The highest BCUT2D eigenvalue weighted by molar-refractivity contribution is 7.91. The molecule has 0 heterocycles. The second-order valence-electron chi connectivity index (χ2n) is 1.14. The van der Waals surface area contributed by atoms with E-state index in [1.165, 1.54) is 0 Å². The number of rotatable bonds is 3. The van der Waals surface area contributed by atoms with Crippen molar-refractivity contribution in [3.8, 4) is 0 Å². The van der Waals surface area contributed by atoms with Gasteiger partial charge in [-0.25, -0.2) is 0 Å². The molecule has 0 aromatic carbocycles. The smallest absolute Gasteiger partial charge is 0.117 e. The number of hydrogen-bond acceptors (Lipinski definition) is 2. The summed E-state index contributed by atoms with van der Waals surface area (Å²) in [4.78, 5) is 0. The van der Waals surface area contributed by atoms with Gasteiger partial charge >= 0.3 is 0 Å². The summed E-state index contributed by atoms with van der Waals surface area (Å²) < 4.78 is 10.4. The van der Waals surface area contributed by atoms with Gasteiger partial charge in [-0.2, -0.15) is 0 Å². The van der Waals surface area contributed by atoms with Gasteiger partial charge < -0.3 is 10.3 Å². The van der Waals surface area contributed by atoms with Crippen molar-refractivity contribution in [2.45, 2.75) is 0 Å². The van der Waals surface area contributed by atoms with Crippen molar-refractivity contribution in [3.63, 3.8) is 0 Å². The highest BCUT2D eigenvalue weighted by Crippen LogP contribution is 1.84. The van der Waals surface area contributed by atoms with Crippen molar-refractivity contribution in [2.24, 2.45) is 5.73 Å². The summed E-state index contributed by atoms with van der Waals surface area (Å²) in [6, 6.07) is 0. The lowest BCUT2D eigenvalue weighted by atomic mass is 10.8. The molecule has 0 amide bonds. The monoisotopic (exact) mass is 120 g/mol. The molecule has 0 rings (SSSR count). The van der Waals surface area contributed by atoms with Gasteiger partial charge in [0.25, 0.3) is 0 Å². The highest BCUT2D eigenvalue weighted by Gasteiger charge is 1.95. The first-order chi connectivity index (χ1) is 3.31. The Morgan fingerprint density at radius 2 is 2.29 bits per heavy atom. The molecular formula is C4H10NOS. The van der Waals surface area contributed by atoms with Crippen LogP contribution in [0.25, 0.3) is 0 Å². The molecule has 0 saturated carbocycles. The van der Waals surface area contributed by atoms with Crippen LogP contribution >= 0.6 is 0 Å². The van der Waals surface area contributed by atoms with Crippen LogP contribution in [0.1, 0.15) is 0 Å². The van der Waals surface area contributed by atoms with E-state index in [0.29, 0.717) is 18.1 Å².